The van der Waals surface area contributed by atoms with Gasteiger partial charge in [-0.1, -0.05) is 42.0 Å². The largest absolute Gasteiger partial charge is 0.298 e. The molecule has 0 amide bonds. The molecule has 2 aromatic carbocycles. The van der Waals surface area contributed by atoms with E-state index < -0.39 is 0 Å². The number of hydrogen-bond acceptors (Lipinski definition) is 1. The van der Waals surface area contributed by atoms with Gasteiger partial charge >= 0.3 is 0 Å². The normalized spacial score (nSPS) is 10.1. The number of aryl methyl sites for hydroxylation is 2. The van der Waals surface area contributed by atoms with Gasteiger partial charge in [0.05, 0.1) is 0 Å². The van der Waals surface area contributed by atoms with Gasteiger partial charge in [-0.05, 0) is 36.6 Å². The Bertz CT molecular complexity index is 527. The van der Waals surface area contributed by atoms with Gasteiger partial charge in [0.25, 0.3) is 0 Å². The number of aldehydes is 1. The number of carbonyl (C=O) groups excluding carboxylic acids is 1. The topological polar surface area (TPSA) is 17.1 Å². The maximum atomic E-state index is 10.7. The van der Waals surface area contributed by atoms with Gasteiger partial charge in [-0.15, -0.1) is 0 Å². The van der Waals surface area contributed by atoms with Crippen LogP contribution in [0, 0.1) is 13.8 Å². The molecule has 0 aliphatic carbocycles. The molecule has 0 radical (unpaired) electrons. The van der Waals surface area contributed by atoms with Crippen LogP contribution in [0.15, 0.2) is 42.5 Å². The molecule has 0 saturated heterocycles. The molecule has 80 valence electrons. The molecule has 2 rings (SSSR count). The first kappa shape index (κ1) is 10.6. The van der Waals surface area contributed by atoms with Gasteiger partial charge < -0.3 is 0 Å². The van der Waals surface area contributed by atoms with E-state index in [1.807, 2.05) is 24.3 Å². The average molecular weight is 210 g/mol. The van der Waals surface area contributed by atoms with E-state index in [1.165, 1.54) is 16.7 Å². The fourth-order valence-corrected chi connectivity index (χ4v) is 1.83. The molecular formula is C15H14O. The highest BCUT2D eigenvalue weighted by atomic mass is 16.1. The van der Waals surface area contributed by atoms with Gasteiger partial charge in [0.2, 0.25) is 0 Å². The summed E-state index contributed by atoms with van der Waals surface area (Å²) in [5.41, 5.74) is 5.48. The summed E-state index contributed by atoms with van der Waals surface area (Å²) in [6.45, 7) is 4.16. The summed E-state index contributed by atoms with van der Waals surface area (Å²) in [7, 11) is 0. The maximum absolute atomic E-state index is 10.7. The van der Waals surface area contributed by atoms with Crippen molar-refractivity contribution in [2.45, 2.75) is 13.8 Å². The summed E-state index contributed by atoms with van der Waals surface area (Å²) in [5.74, 6) is 0. The third-order valence-corrected chi connectivity index (χ3v) is 2.73. The summed E-state index contributed by atoms with van der Waals surface area (Å²) in [4.78, 5) is 10.7. The number of carbonyl (C=O) groups is 1. The minimum Gasteiger partial charge on any atom is -0.298 e. The molecule has 2 aromatic rings. The molecule has 0 spiro atoms. The summed E-state index contributed by atoms with van der Waals surface area (Å²) in [6, 6.07) is 14.1. The Morgan fingerprint density at radius 1 is 1.00 bits per heavy atom. The molecule has 0 fully saturated rings. The Kier molecular flexibility index (Phi) is 2.86. The monoisotopic (exact) mass is 210 g/mol. The van der Waals surface area contributed by atoms with Crippen LogP contribution in [0.3, 0.4) is 0 Å². The van der Waals surface area contributed by atoms with E-state index in [9.17, 15) is 4.79 Å². The van der Waals surface area contributed by atoms with Crippen LogP contribution < -0.4 is 0 Å². The fraction of sp³-hybridized carbons (Fsp3) is 0.133. The summed E-state index contributed by atoms with van der Waals surface area (Å²) in [5, 5.41) is 0. The van der Waals surface area contributed by atoms with Crippen molar-refractivity contribution >= 4 is 6.29 Å². The molecule has 16 heavy (non-hydrogen) atoms. The molecule has 0 bridgehead atoms. The molecule has 0 aromatic heterocycles. The summed E-state index contributed by atoms with van der Waals surface area (Å²) < 4.78 is 0. The first-order valence-corrected chi connectivity index (χ1v) is 5.33. The number of benzene rings is 2. The number of rotatable bonds is 2. The van der Waals surface area contributed by atoms with Gasteiger partial charge in [-0.3, -0.25) is 4.79 Å². The highest BCUT2D eigenvalue weighted by Gasteiger charge is 2.02. The number of hydrogen-bond donors (Lipinski definition) is 0. The summed E-state index contributed by atoms with van der Waals surface area (Å²) in [6.07, 6.45) is 0.884. The molecule has 0 saturated carbocycles. The van der Waals surface area contributed by atoms with Gasteiger partial charge in [0, 0.05) is 5.56 Å². The third kappa shape index (κ3) is 2.03. The predicted octanol–water partition coefficient (Wildman–Crippen LogP) is 3.78. The van der Waals surface area contributed by atoms with Crippen molar-refractivity contribution in [3.63, 3.8) is 0 Å². The van der Waals surface area contributed by atoms with Crippen LogP contribution in [0.2, 0.25) is 0 Å². The van der Waals surface area contributed by atoms with Gasteiger partial charge in [-0.25, -0.2) is 0 Å². The fourth-order valence-electron chi connectivity index (χ4n) is 1.83. The standard InChI is InChI=1S/C15H14O/c1-11-6-7-12(2)15(8-11)14-5-3-4-13(9-14)10-16/h3-10H,1-2H3. The van der Waals surface area contributed by atoms with Crippen molar-refractivity contribution < 1.29 is 4.79 Å². The first-order chi connectivity index (χ1) is 7.70. The van der Waals surface area contributed by atoms with Gasteiger partial charge in [0.15, 0.2) is 0 Å². The maximum Gasteiger partial charge on any atom is 0.150 e. The molecule has 0 N–H and O–H groups in total. The summed E-state index contributed by atoms with van der Waals surface area (Å²) >= 11 is 0. The lowest BCUT2D eigenvalue weighted by Gasteiger charge is -2.07. The quantitative estimate of drug-likeness (QED) is 0.689. The minimum absolute atomic E-state index is 0.721. The molecule has 1 nitrogen and oxygen atoms in total. The zero-order valence-electron chi connectivity index (χ0n) is 9.53. The lowest BCUT2D eigenvalue weighted by atomic mass is 9.97. The van der Waals surface area contributed by atoms with E-state index in [0.29, 0.717) is 0 Å². The van der Waals surface area contributed by atoms with Crippen molar-refractivity contribution in [2.75, 3.05) is 0 Å². The molecular weight excluding hydrogens is 196 g/mol. The van der Waals surface area contributed by atoms with Crippen molar-refractivity contribution in [1.29, 1.82) is 0 Å². The second-order valence-electron chi connectivity index (χ2n) is 4.06. The van der Waals surface area contributed by atoms with E-state index in [1.54, 1.807) is 0 Å². The van der Waals surface area contributed by atoms with Crippen LogP contribution in [-0.4, -0.2) is 6.29 Å². The second kappa shape index (κ2) is 4.31. The van der Waals surface area contributed by atoms with E-state index in [-0.39, 0.29) is 0 Å². The van der Waals surface area contributed by atoms with Crippen LogP contribution in [0.25, 0.3) is 11.1 Å². The van der Waals surface area contributed by atoms with Crippen LogP contribution in [-0.2, 0) is 0 Å². The molecule has 0 aliphatic heterocycles. The minimum atomic E-state index is 0.721. The van der Waals surface area contributed by atoms with E-state index in [2.05, 4.69) is 32.0 Å². The van der Waals surface area contributed by atoms with Crippen LogP contribution in [0.5, 0.6) is 0 Å². The highest BCUT2D eigenvalue weighted by Crippen LogP contribution is 2.24. The first-order valence-electron chi connectivity index (χ1n) is 5.33. The van der Waals surface area contributed by atoms with Crippen molar-refractivity contribution in [3.05, 3.63) is 59.2 Å². The molecule has 1 heteroatoms. The Morgan fingerprint density at radius 2 is 1.81 bits per heavy atom. The van der Waals surface area contributed by atoms with E-state index in [0.717, 1.165) is 17.4 Å². The van der Waals surface area contributed by atoms with Crippen LogP contribution >= 0.6 is 0 Å². The smallest absolute Gasteiger partial charge is 0.150 e. The van der Waals surface area contributed by atoms with Gasteiger partial charge in [0.1, 0.15) is 6.29 Å². The predicted molar refractivity (Wildman–Crippen MR) is 66.7 cm³/mol. The Balaban J connectivity index is 2.57. The van der Waals surface area contributed by atoms with E-state index >= 15 is 0 Å². The zero-order valence-corrected chi connectivity index (χ0v) is 9.53. The molecule has 0 heterocycles. The zero-order chi connectivity index (χ0) is 11.5. The Labute approximate surface area is 95.7 Å². The average Bonchev–Trinajstić information content (AvgIpc) is 2.32. The Morgan fingerprint density at radius 3 is 2.56 bits per heavy atom. The Hall–Kier alpha value is -1.89. The molecule has 0 aliphatic rings. The van der Waals surface area contributed by atoms with Crippen molar-refractivity contribution in [3.8, 4) is 11.1 Å². The van der Waals surface area contributed by atoms with Gasteiger partial charge in [-0.2, -0.15) is 0 Å². The lowest BCUT2D eigenvalue weighted by molar-refractivity contribution is 0.112. The third-order valence-electron chi connectivity index (χ3n) is 2.73. The lowest BCUT2D eigenvalue weighted by Crippen LogP contribution is -1.86. The van der Waals surface area contributed by atoms with E-state index in [4.69, 9.17) is 0 Å². The van der Waals surface area contributed by atoms with Crippen LogP contribution in [0.1, 0.15) is 21.5 Å². The molecule has 0 unspecified atom stereocenters. The van der Waals surface area contributed by atoms with Crippen molar-refractivity contribution in [1.82, 2.24) is 0 Å². The SMILES string of the molecule is Cc1ccc(C)c(-c2cccc(C=O)c2)c1. The van der Waals surface area contributed by atoms with Crippen molar-refractivity contribution in [2.24, 2.45) is 0 Å². The second-order valence-corrected chi connectivity index (χ2v) is 4.06. The van der Waals surface area contributed by atoms with Crippen LogP contribution in [0.4, 0.5) is 0 Å². The molecule has 0 atom stereocenters. The highest BCUT2D eigenvalue weighted by molar-refractivity contribution is 5.79.